The highest BCUT2D eigenvalue weighted by atomic mass is 35.5. The van der Waals surface area contributed by atoms with Crippen molar-refractivity contribution in [3.63, 3.8) is 0 Å². The van der Waals surface area contributed by atoms with Gasteiger partial charge < -0.3 is 4.74 Å². The molecule has 1 aromatic heterocycles. The smallest absolute Gasteiger partial charge is 0.419 e. The summed E-state index contributed by atoms with van der Waals surface area (Å²) >= 11 is 5.60. The van der Waals surface area contributed by atoms with Crippen LogP contribution in [0.25, 0.3) is 0 Å². The van der Waals surface area contributed by atoms with Gasteiger partial charge in [-0.2, -0.15) is 18.2 Å². The van der Waals surface area contributed by atoms with Crippen molar-refractivity contribution in [2.75, 3.05) is 0 Å². The molecule has 0 aliphatic heterocycles. The fourth-order valence-electron chi connectivity index (χ4n) is 1.46. The molecule has 106 valence electrons. The van der Waals surface area contributed by atoms with E-state index >= 15 is 0 Å². The van der Waals surface area contributed by atoms with Crippen molar-refractivity contribution in [2.24, 2.45) is 0 Å². The minimum Gasteiger partial charge on any atom is -0.439 e. The summed E-state index contributed by atoms with van der Waals surface area (Å²) in [4.78, 5) is 7.48. The zero-order valence-corrected chi connectivity index (χ0v) is 10.8. The largest absolute Gasteiger partial charge is 0.439 e. The molecule has 0 bridgehead atoms. The summed E-state index contributed by atoms with van der Waals surface area (Å²) in [5.41, 5.74) is -0.926. The fraction of sp³-hybridized carbons (Fsp3) is 0.167. The van der Waals surface area contributed by atoms with Gasteiger partial charge in [-0.3, -0.25) is 0 Å². The van der Waals surface area contributed by atoms with Crippen molar-refractivity contribution in [1.82, 2.24) is 9.97 Å². The van der Waals surface area contributed by atoms with Crippen molar-refractivity contribution in [3.8, 4) is 11.6 Å². The Kier molecular flexibility index (Phi) is 3.80. The second kappa shape index (κ2) is 5.24. The monoisotopic (exact) mass is 306 g/mol. The van der Waals surface area contributed by atoms with E-state index in [9.17, 15) is 17.6 Å². The molecule has 0 amide bonds. The van der Waals surface area contributed by atoms with Crippen LogP contribution in [-0.4, -0.2) is 9.97 Å². The van der Waals surface area contributed by atoms with Gasteiger partial charge >= 0.3 is 6.18 Å². The van der Waals surface area contributed by atoms with Crippen LogP contribution in [0, 0.1) is 12.7 Å². The van der Waals surface area contributed by atoms with Crippen LogP contribution in [0.1, 0.15) is 11.3 Å². The van der Waals surface area contributed by atoms with E-state index in [-0.39, 0.29) is 16.9 Å². The van der Waals surface area contributed by atoms with E-state index in [0.717, 1.165) is 6.07 Å². The zero-order chi connectivity index (χ0) is 14.9. The molecule has 20 heavy (non-hydrogen) atoms. The average molecular weight is 307 g/mol. The molecular weight excluding hydrogens is 300 g/mol. The molecule has 3 nitrogen and oxygen atoms in total. The molecular formula is C12H7ClF4N2O. The third-order valence-electron chi connectivity index (χ3n) is 2.27. The van der Waals surface area contributed by atoms with Crippen molar-refractivity contribution in [1.29, 1.82) is 0 Å². The topological polar surface area (TPSA) is 35.0 Å². The van der Waals surface area contributed by atoms with Gasteiger partial charge in [-0.05, 0) is 36.7 Å². The zero-order valence-electron chi connectivity index (χ0n) is 10.0. The van der Waals surface area contributed by atoms with Crippen molar-refractivity contribution in [2.45, 2.75) is 13.1 Å². The maximum Gasteiger partial charge on any atom is 0.419 e. The minimum absolute atomic E-state index is 0.0257. The molecule has 0 unspecified atom stereocenters. The van der Waals surface area contributed by atoms with Crippen molar-refractivity contribution < 1.29 is 22.3 Å². The lowest BCUT2D eigenvalue weighted by atomic mass is 10.2. The van der Waals surface area contributed by atoms with Crippen LogP contribution < -0.4 is 4.74 Å². The fourth-order valence-corrected chi connectivity index (χ4v) is 1.68. The lowest BCUT2D eigenvalue weighted by Gasteiger charge is -2.10. The predicted octanol–water partition coefficient (Wildman–Crippen LogP) is 4.39. The van der Waals surface area contributed by atoms with Gasteiger partial charge in [0.1, 0.15) is 11.6 Å². The van der Waals surface area contributed by atoms with Gasteiger partial charge in [0.05, 0.1) is 5.56 Å². The van der Waals surface area contributed by atoms with Crippen LogP contribution in [-0.2, 0) is 6.18 Å². The number of alkyl halides is 3. The highest BCUT2D eigenvalue weighted by Crippen LogP contribution is 2.34. The number of ether oxygens (including phenoxy) is 1. The Labute approximate surface area is 116 Å². The molecule has 0 aliphatic carbocycles. The Morgan fingerprint density at radius 1 is 1.15 bits per heavy atom. The minimum atomic E-state index is -4.80. The predicted molar refractivity (Wildman–Crippen MR) is 63.3 cm³/mol. The second-order valence-corrected chi connectivity index (χ2v) is 4.20. The van der Waals surface area contributed by atoms with E-state index in [1.165, 1.54) is 6.07 Å². The summed E-state index contributed by atoms with van der Waals surface area (Å²) in [5, 5.41) is -0.0989. The SMILES string of the molecule is Cc1cc(Oc2ccc(F)c(C(F)(F)F)c2)nc(Cl)n1. The summed E-state index contributed by atoms with van der Waals surface area (Å²) in [6.45, 7) is 1.62. The standard InChI is InChI=1S/C12H7ClF4N2O/c1-6-4-10(19-11(13)18-6)20-7-2-3-9(14)8(5-7)12(15,16)17/h2-5H,1H3. The summed E-state index contributed by atoms with van der Waals surface area (Å²) in [5.74, 6) is -1.60. The van der Waals surface area contributed by atoms with Crippen LogP contribution in [0.2, 0.25) is 5.28 Å². The van der Waals surface area contributed by atoms with Gasteiger partial charge in [0.2, 0.25) is 11.2 Å². The maximum absolute atomic E-state index is 13.1. The molecule has 0 fully saturated rings. The van der Waals surface area contributed by atoms with Gasteiger partial charge in [0.25, 0.3) is 0 Å². The summed E-state index contributed by atoms with van der Waals surface area (Å²) < 4.78 is 55.9. The number of nitrogens with zero attached hydrogens (tertiary/aromatic N) is 2. The van der Waals surface area contributed by atoms with Gasteiger partial charge in [0, 0.05) is 11.8 Å². The van der Waals surface area contributed by atoms with E-state index in [4.69, 9.17) is 16.3 Å². The highest BCUT2D eigenvalue weighted by molar-refractivity contribution is 6.28. The Balaban J connectivity index is 2.35. The van der Waals surface area contributed by atoms with Crippen LogP contribution >= 0.6 is 11.6 Å². The average Bonchev–Trinajstić information content (AvgIpc) is 2.29. The van der Waals surface area contributed by atoms with Gasteiger partial charge in [-0.25, -0.2) is 9.37 Å². The first-order valence-corrected chi connectivity index (χ1v) is 5.69. The first-order valence-electron chi connectivity index (χ1n) is 5.31. The number of benzene rings is 1. The molecule has 0 N–H and O–H groups in total. The second-order valence-electron chi connectivity index (χ2n) is 3.86. The van der Waals surface area contributed by atoms with Gasteiger partial charge in [0.15, 0.2) is 0 Å². The van der Waals surface area contributed by atoms with Crippen molar-refractivity contribution in [3.05, 3.63) is 46.6 Å². The quantitative estimate of drug-likeness (QED) is 0.610. The number of rotatable bonds is 2. The van der Waals surface area contributed by atoms with E-state index in [1.54, 1.807) is 6.92 Å². The molecule has 8 heteroatoms. The number of hydrogen-bond donors (Lipinski definition) is 0. The Morgan fingerprint density at radius 2 is 1.85 bits per heavy atom. The molecule has 1 heterocycles. The lowest BCUT2D eigenvalue weighted by molar-refractivity contribution is -0.140. The number of aryl methyl sites for hydroxylation is 1. The van der Waals surface area contributed by atoms with Gasteiger partial charge in [-0.15, -0.1) is 0 Å². The normalized spacial score (nSPS) is 11.5. The summed E-state index contributed by atoms with van der Waals surface area (Å²) in [6.07, 6.45) is -4.80. The molecule has 0 atom stereocenters. The molecule has 2 aromatic rings. The number of hydrogen-bond acceptors (Lipinski definition) is 3. The first kappa shape index (κ1) is 14.5. The number of aromatic nitrogens is 2. The highest BCUT2D eigenvalue weighted by Gasteiger charge is 2.34. The van der Waals surface area contributed by atoms with E-state index in [2.05, 4.69) is 9.97 Å². The van der Waals surface area contributed by atoms with Gasteiger partial charge in [-0.1, -0.05) is 0 Å². The van der Waals surface area contributed by atoms with E-state index < -0.39 is 17.6 Å². The molecule has 0 saturated heterocycles. The summed E-state index contributed by atoms with van der Waals surface area (Å²) in [7, 11) is 0. The Hall–Kier alpha value is -1.89. The third-order valence-corrected chi connectivity index (χ3v) is 2.44. The number of halogens is 5. The first-order chi connectivity index (χ1) is 9.25. The Bertz CT molecular complexity index is 626. The van der Waals surface area contributed by atoms with Crippen LogP contribution in [0.4, 0.5) is 17.6 Å². The van der Waals surface area contributed by atoms with E-state index in [0.29, 0.717) is 17.8 Å². The molecule has 0 radical (unpaired) electrons. The van der Waals surface area contributed by atoms with E-state index in [1.807, 2.05) is 0 Å². The van der Waals surface area contributed by atoms with Crippen molar-refractivity contribution >= 4 is 11.6 Å². The van der Waals surface area contributed by atoms with Crippen LogP contribution in [0.5, 0.6) is 11.6 Å². The van der Waals surface area contributed by atoms with Crippen LogP contribution in [0.3, 0.4) is 0 Å². The molecule has 0 saturated carbocycles. The lowest BCUT2D eigenvalue weighted by Crippen LogP contribution is -2.08. The molecule has 1 aromatic carbocycles. The molecule has 2 rings (SSSR count). The third kappa shape index (κ3) is 3.36. The van der Waals surface area contributed by atoms with Crippen LogP contribution in [0.15, 0.2) is 24.3 Å². The summed E-state index contributed by atoms with van der Waals surface area (Å²) in [6, 6.07) is 3.69. The maximum atomic E-state index is 13.1. The molecule has 0 aliphatic rings. The molecule has 0 spiro atoms. The Morgan fingerprint density at radius 3 is 2.45 bits per heavy atom.